The van der Waals surface area contributed by atoms with Crippen molar-refractivity contribution in [1.29, 1.82) is 0 Å². The van der Waals surface area contributed by atoms with Gasteiger partial charge in [0.05, 0.1) is 12.7 Å². The maximum Gasteiger partial charge on any atom is 0.220 e. The summed E-state index contributed by atoms with van der Waals surface area (Å²) >= 11 is 0. The quantitative estimate of drug-likeness (QED) is 0.864. The fourth-order valence-corrected chi connectivity index (χ4v) is 5.05. The van der Waals surface area contributed by atoms with Gasteiger partial charge in [0.15, 0.2) is 0 Å². The molecule has 0 aromatic heterocycles. The molecule has 1 amide bonds. The predicted octanol–water partition coefficient (Wildman–Crippen LogP) is 2.83. The van der Waals surface area contributed by atoms with Crippen LogP contribution in [-0.2, 0) is 16.1 Å². The maximum atomic E-state index is 12.3. The lowest BCUT2D eigenvalue weighted by Gasteiger charge is -2.33. The lowest BCUT2D eigenvalue weighted by molar-refractivity contribution is -0.123. The summed E-state index contributed by atoms with van der Waals surface area (Å²) in [4.78, 5) is 14.7. The predicted molar refractivity (Wildman–Crippen MR) is 98.0 cm³/mol. The minimum Gasteiger partial charge on any atom is -0.374 e. The van der Waals surface area contributed by atoms with Gasteiger partial charge in [-0.3, -0.25) is 9.69 Å². The summed E-state index contributed by atoms with van der Waals surface area (Å²) in [6, 6.07) is 10.6. The Morgan fingerprint density at radius 1 is 1.20 bits per heavy atom. The molecule has 1 aliphatic heterocycles. The van der Waals surface area contributed by atoms with Gasteiger partial charge in [-0.15, -0.1) is 0 Å². The molecule has 0 radical (unpaired) electrons. The zero-order chi connectivity index (χ0) is 17.1. The molecule has 4 atom stereocenters. The Morgan fingerprint density at radius 2 is 2.08 bits per heavy atom. The molecule has 1 aromatic rings. The largest absolute Gasteiger partial charge is 0.374 e. The van der Waals surface area contributed by atoms with Crippen LogP contribution in [0.15, 0.2) is 30.3 Å². The van der Waals surface area contributed by atoms with Crippen LogP contribution in [0.2, 0.25) is 0 Å². The Hall–Kier alpha value is -1.39. The molecular weight excluding hydrogens is 312 g/mol. The molecule has 0 spiro atoms. The van der Waals surface area contributed by atoms with Crippen molar-refractivity contribution >= 4 is 5.91 Å². The van der Waals surface area contributed by atoms with Crippen molar-refractivity contribution in [1.82, 2.24) is 10.2 Å². The first-order valence-corrected chi connectivity index (χ1v) is 9.91. The highest BCUT2D eigenvalue weighted by molar-refractivity contribution is 5.76. The average molecular weight is 342 g/mol. The van der Waals surface area contributed by atoms with Gasteiger partial charge in [0, 0.05) is 32.6 Å². The van der Waals surface area contributed by atoms with E-state index in [0.717, 1.165) is 44.5 Å². The molecule has 4 rings (SSSR count). The monoisotopic (exact) mass is 342 g/mol. The van der Waals surface area contributed by atoms with Crippen LogP contribution in [0.4, 0.5) is 0 Å². The van der Waals surface area contributed by atoms with Gasteiger partial charge in [-0.05, 0) is 42.6 Å². The van der Waals surface area contributed by atoms with Crippen molar-refractivity contribution in [2.24, 2.45) is 17.8 Å². The van der Waals surface area contributed by atoms with E-state index in [1.807, 2.05) is 0 Å². The summed E-state index contributed by atoms with van der Waals surface area (Å²) in [6.45, 7) is 4.21. The molecule has 1 heterocycles. The second-order valence-electron chi connectivity index (χ2n) is 8.16. The minimum absolute atomic E-state index is 0.112. The number of benzene rings is 1. The molecule has 25 heavy (non-hydrogen) atoms. The van der Waals surface area contributed by atoms with E-state index < -0.39 is 0 Å². The topological polar surface area (TPSA) is 41.6 Å². The molecule has 1 saturated heterocycles. The van der Waals surface area contributed by atoms with Crippen LogP contribution >= 0.6 is 0 Å². The highest BCUT2D eigenvalue weighted by Crippen LogP contribution is 2.49. The summed E-state index contributed by atoms with van der Waals surface area (Å²) in [5, 5.41) is 3.13. The third-order valence-corrected chi connectivity index (χ3v) is 6.33. The van der Waals surface area contributed by atoms with Crippen molar-refractivity contribution < 1.29 is 9.53 Å². The van der Waals surface area contributed by atoms with E-state index in [4.69, 9.17) is 4.74 Å². The van der Waals surface area contributed by atoms with Crippen molar-refractivity contribution in [3.8, 4) is 0 Å². The molecule has 3 fully saturated rings. The van der Waals surface area contributed by atoms with E-state index in [0.29, 0.717) is 12.5 Å². The van der Waals surface area contributed by atoms with Crippen molar-refractivity contribution in [3.05, 3.63) is 35.9 Å². The van der Waals surface area contributed by atoms with Crippen molar-refractivity contribution in [2.75, 3.05) is 26.2 Å². The Bertz CT molecular complexity index is 577. The molecule has 3 aliphatic rings. The van der Waals surface area contributed by atoms with E-state index >= 15 is 0 Å². The lowest BCUT2D eigenvalue weighted by Crippen LogP contribution is -2.47. The summed E-state index contributed by atoms with van der Waals surface area (Å²) in [7, 11) is 0. The first-order chi connectivity index (χ1) is 12.3. The number of fused-ring (bicyclic) bond motifs is 2. The molecular formula is C21H30N2O2. The minimum atomic E-state index is 0.112. The van der Waals surface area contributed by atoms with Crippen LogP contribution in [0.5, 0.6) is 0 Å². The van der Waals surface area contributed by atoms with Crippen LogP contribution in [-0.4, -0.2) is 43.2 Å². The van der Waals surface area contributed by atoms with Gasteiger partial charge in [-0.1, -0.05) is 36.8 Å². The zero-order valence-electron chi connectivity index (χ0n) is 15.0. The molecule has 2 aliphatic carbocycles. The van der Waals surface area contributed by atoms with E-state index in [1.165, 1.54) is 31.2 Å². The third-order valence-electron chi connectivity index (χ3n) is 6.33. The number of amides is 1. The molecule has 4 heteroatoms. The Balaban J connectivity index is 1.19. The molecule has 1 N–H and O–H groups in total. The van der Waals surface area contributed by atoms with Crippen LogP contribution in [0.25, 0.3) is 0 Å². The maximum absolute atomic E-state index is 12.3. The SMILES string of the molecule is O=C(C[C@H]1C[C@@H]2CC[C@@H]1C2)NC[C@@H]1CN(Cc2ccccc2)CCO1. The van der Waals surface area contributed by atoms with Gasteiger partial charge in [-0.2, -0.15) is 0 Å². The zero-order valence-corrected chi connectivity index (χ0v) is 15.0. The first-order valence-electron chi connectivity index (χ1n) is 9.91. The smallest absolute Gasteiger partial charge is 0.220 e. The van der Waals surface area contributed by atoms with Gasteiger partial charge >= 0.3 is 0 Å². The summed E-state index contributed by atoms with van der Waals surface area (Å²) in [5.41, 5.74) is 1.34. The first kappa shape index (κ1) is 17.0. The van der Waals surface area contributed by atoms with E-state index in [9.17, 15) is 4.79 Å². The number of carbonyl (C=O) groups excluding carboxylic acids is 1. The second kappa shape index (κ2) is 7.88. The number of ether oxygens (including phenoxy) is 1. The Labute approximate surface area is 150 Å². The van der Waals surface area contributed by atoms with Gasteiger partial charge in [0.1, 0.15) is 0 Å². The number of morpholine rings is 1. The van der Waals surface area contributed by atoms with Crippen LogP contribution in [0.3, 0.4) is 0 Å². The van der Waals surface area contributed by atoms with Gasteiger partial charge in [0.25, 0.3) is 0 Å². The summed E-state index contributed by atoms with van der Waals surface area (Å²) in [5.74, 6) is 2.60. The fraction of sp³-hybridized carbons (Fsp3) is 0.667. The van der Waals surface area contributed by atoms with Crippen molar-refractivity contribution in [3.63, 3.8) is 0 Å². The van der Waals surface area contributed by atoms with E-state index in [1.54, 1.807) is 0 Å². The fourth-order valence-electron chi connectivity index (χ4n) is 5.05. The number of hydrogen-bond acceptors (Lipinski definition) is 3. The second-order valence-corrected chi connectivity index (χ2v) is 8.16. The normalized spacial score (nSPS) is 32.0. The van der Waals surface area contributed by atoms with Gasteiger partial charge in [0.2, 0.25) is 5.91 Å². The molecule has 2 saturated carbocycles. The summed E-state index contributed by atoms with van der Waals surface area (Å²) < 4.78 is 5.86. The molecule has 0 unspecified atom stereocenters. The van der Waals surface area contributed by atoms with Crippen LogP contribution < -0.4 is 5.32 Å². The van der Waals surface area contributed by atoms with Crippen LogP contribution in [0.1, 0.15) is 37.7 Å². The molecule has 2 bridgehead atoms. The van der Waals surface area contributed by atoms with Crippen LogP contribution in [0, 0.1) is 17.8 Å². The highest BCUT2D eigenvalue weighted by Gasteiger charge is 2.40. The van der Waals surface area contributed by atoms with E-state index in [2.05, 4.69) is 40.5 Å². The number of carbonyl (C=O) groups is 1. The number of rotatable bonds is 6. The summed E-state index contributed by atoms with van der Waals surface area (Å²) in [6.07, 6.45) is 6.24. The van der Waals surface area contributed by atoms with Gasteiger partial charge in [-0.25, -0.2) is 0 Å². The van der Waals surface area contributed by atoms with Gasteiger partial charge < -0.3 is 10.1 Å². The Kier molecular flexibility index (Phi) is 5.37. The lowest BCUT2D eigenvalue weighted by atomic mass is 9.86. The highest BCUT2D eigenvalue weighted by atomic mass is 16.5. The van der Waals surface area contributed by atoms with Crippen molar-refractivity contribution in [2.45, 2.75) is 44.8 Å². The Morgan fingerprint density at radius 3 is 2.84 bits per heavy atom. The standard InChI is InChI=1S/C21H30N2O2/c24-21(12-19-11-17-6-7-18(19)10-17)22-13-20-15-23(8-9-25-20)14-16-4-2-1-3-5-16/h1-5,17-20H,6-15H2,(H,22,24)/t17-,18-,19-,20-/m1/s1. The average Bonchev–Trinajstić information content (AvgIpc) is 3.24. The number of nitrogens with one attached hydrogen (secondary N) is 1. The third kappa shape index (κ3) is 4.42. The number of nitrogens with zero attached hydrogens (tertiary/aromatic N) is 1. The number of hydrogen-bond donors (Lipinski definition) is 1. The molecule has 1 aromatic carbocycles. The molecule has 136 valence electrons. The van der Waals surface area contributed by atoms with E-state index in [-0.39, 0.29) is 12.0 Å². The molecule has 4 nitrogen and oxygen atoms in total.